The first-order valence-corrected chi connectivity index (χ1v) is 9.62. The predicted molar refractivity (Wildman–Crippen MR) is 95.0 cm³/mol. The van der Waals surface area contributed by atoms with Crippen molar-refractivity contribution in [2.45, 2.75) is 50.5 Å². The molecule has 0 radical (unpaired) electrons. The van der Waals surface area contributed by atoms with Gasteiger partial charge in [0.25, 0.3) is 0 Å². The van der Waals surface area contributed by atoms with Crippen LogP contribution in [-0.4, -0.2) is 67.4 Å². The molecule has 132 valence electrons. The Bertz CT molecular complexity index is 510. The molecule has 1 saturated carbocycles. The Labute approximate surface area is 145 Å². The molecule has 1 aromatic carbocycles. The number of fused-ring (bicyclic) bond motifs is 1. The number of hydrogen-bond acceptors (Lipinski definition) is 4. The summed E-state index contributed by atoms with van der Waals surface area (Å²) >= 11 is 0. The predicted octanol–water partition coefficient (Wildman–Crippen LogP) is 2.53. The van der Waals surface area contributed by atoms with Crippen molar-refractivity contribution in [3.05, 3.63) is 35.9 Å². The van der Waals surface area contributed by atoms with Crippen LogP contribution in [-0.2, 0) is 16.0 Å². The van der Waals surface area contributed by atoms with Gasteiger partial charge in [0.1, 0.15) is 0 Å². The van der Waals surface area contributed by atoms with E-state index in [-0.39, 0.29) is 0 Å². The summed E-state index contributed by atoms with van der Waals surface area (Å²) in [6.45, 7) is 7.14. The van der Waals surface area contributed by atoms with Crippen molar-refractivity contribution in [2.75, 3.05) is 39.4 Å². The van der Waals surface area contributed by atoms with Crippen LogP contribution in [0.25, 0.3) is 0 Å². The topological polar surface area (TPSA) is 24.9 Å². The summed E-state index contributed by atoms with van der Waals surface area (Å²) in [7, 11) is 0. The van der Waals surface area contributed by atoms with E-state index < -0.39 is 0 Å². The molecule has 3 atom stereocenters. The fourth-order valence-corrected chi connectivity index (χ4v) is 4.56. The van der Waals surface area contributed by atoms with Crippen LogP contribution in [0.3, 0.4) is 0 Å². The number of nitrogens with zero attached hydrogens (tertiary/aromatic N) is 2. The number of ether oxygens (including phenoxy) is 2. The quantitative estimate of drug-likeness (QED) is 0.847. The molecule has 3 aliphatic rings. The van der Waals surface area contributed by atoms with E-state index >= 15 is 0 Å². The van der Waals surface area contributed by atoms with Gasteiger partial charge in [-0.3, -0.25) is 9.80 Å². The summed E-state index contributed by atoms with van der Waals surface area (Å²) in [5.41, 5.74) is 1.40. The third-order valence-corrected chi connectivity index (χ3v) is 5.72. The molecule has 0 spiro atoms. The molecule has 0 aromatic heterocycles. The van der Waals surface area contributed by atoms with Crippen LogP contribution in [0.5, 0.6) is 0 Å². The van der Waals surface area contributed by atoms with Crippen molar-refractivity contribution in [3.8, 4) is 0 Å². The number of morpholine rings is 1. The summed E-state index contributed by atoms with van der Waals surface area (Å²) in [5, 5.41) is 0. The first kappa shape index (κ1) is 16.5. The average molecular weight is 330 g/mol. The standard InChI is InChI=1S/C20H30N2O2/c1-2-6-17(7-3-1)14-21-10-5-12-23-18(15-21)16-22-11-13-24-20-9-4-8-19(20)22/h1-3,6-7,18-20H,4-5,8-16H2/t18-,19+,20-/m0/s1. The van der Waals surface area contributed by atoms with Crippen LogP contribution in [0.4, 0.5) is 0 Å². The molecule has 1 aliphatic carbocycles. The van der Waals surface area contributed by atoms with Crippen molar-refractivity contribution in [1.29, 1.82) is 0 Å². The van der Waals surface area contributed by atoms with E-state index in [1.54, 1.807) is 0 Å². The van der Waals surface area contributed by atoms with E-state index in [0.29, 0.717) is 18.2 Å². The van der Waals surface area contributed by atoms with Gasteiger partial charge in [0.2, 0.25) is 0 Å². The summed E-state index contributed by atoms with van der Waals surface area (Å²) in [6.07, 6.45) is 5.80. The number of rotatable bonds is 4. The van der Waals surface area contributed by atoms with Gasteiger partial charge in [-0.1, -0.05) is 30.3 Å². The summed E-state index contributed by atoms with van der Waals surface area (Å²) in [6, 6.07) is 11.4. The van der Waals surface area contributed by atoms with Crippen LogP contribution in [0.2, 0.25) is 0 Å². The SMILES string of the molecule is c1ccc(CN2CCCO[C@H](CN3CCO[C@H]4CCC[C@H]43)C2)cc1. The zero-order chi connectivity index (χ0) is 16.2. The minimum absolute atomic E-state index is 0.329. The molecular formula is C20H30N2O2. The first-order valence-electron chi connectivity index (χ1n) is 9.62. The summed E-state index contributed by atoms with van der Waals surface area (Å²) < 4.78 is 12.2. The third kappa shape index (κ3) is 3.99. The molecule has 2 aliphatic heterocycles. The Kier molecular flexibility index (Phi) is 5.48. The molecule has 2 heterocycles. The second kappa shape index (κ2) is 7.96. The van der Waals surface area contributed by atoms with E-state index in [9.17, 15) is 0 Å². The molecule has 4 rings (SSSR count). The summed E-state index contributed by atoms with van der Waals surface area (Å²) in [4.78, 5) is 5.22. The normalized spacial score (nSPS) is 32.4. The van der Waals surface area contributed by atoms with Gasteiger partial charge in [-0.2, -0.15) is 0 Å². The second-order valence-electron chi connectivity index (χ2n) is 7.47. The maximum absolute atomic E-state index is 6.20. The molecular weight excluding hydrogens is 300 g/mol. The van der Waals surface area contributed by atoms with Crippen molar-refractivity contribution in [2.24, 2.45) is 0 Å². The van der Waals surface area contributed by atoms with Gasteiger partial charge in [-0.25, -0.2) is 0 Å². The Morgan fingerprint density at radius 1 is 0.958 bits per heavy atom. The van der Waals surface area contributed by atoms with Gasteiger partial charge in [-0.15, -0.1) is 0 Å². The monoisotopic (exact) mass is 330 g/mol. The van der Waals surface area contributed by atoms with Gasteiger partial charge in [0.15, 0.2) is 0 Å². The minimum Gasteiger partial charge on any atom is -0.376 e. The molecule has 4 nitrogen and oxygen atoms in total. The molecule has 24 heavy (non-hydrogen) atoms. The zero-order valence-electron chi connectivity index (χ0n) is 14.6. The number of benzene rings is 1. The summed E-state index contributed by atoms with van der Waals surface area (Å²) in [5.74, 6) is 0. The highest BCUT2D eigenvalue weighted by Crippen LogP contribution is 2.30. The van der Waals surface area contributed by atoms with Crippen LogP contribution < -0.4 is 0 Å². The van der Waals surface area contributed by atoms with E-state index in [0.717, 1.165) is 52.4 Å². The van der Waals surface area contributed by atoms with Crippen molar-refractivity contribution < 1.29 is 9.47 Å². The lowest BCUT2D eigenvalue weighted by molar-refractivity contribution is -0.0756. The molecule has 0 bridgehead atoms. The highest BCUT2D eigenvalue weighted by atomic mass is 16.5. The lowest BCUT2D eigenvalue weighted by Crippen LogP contribution is -2.52. The fourth-order valence-electron chi connectivity index (χ4n) is 4.56. The molecule has 2 saturated heterocycles. The van der Waals surface area contributed by atoms with Gasteiger partial charge >= 0.3 is 0 Å². The second-order valence-corrected chi connectivity index (χ2v) is 7.47. The first-order chi connectivity index (χ1) is 11.9. The highest BCUT2D eigenvalue weighted by molar-refractivity contribution is 5.14. The number of hydrogen-bond donors (Lipinski definition) is 0. The van der Waals surface area contributed by atoms with E-state index in [2.05, 4.69) is 40.1 Å². The molecule has 0 unspecified atom stereocenters. The van der Waals surface area contributed by atoms with Crippen LogP contribution in [0.1, 0.15) is 31.2 Å². The smallest absolute Gasteiger partial charge is 0.0828 e. The molecule has 3 fully saturated rings. The third-order valence-electron chi connectivity index (χ3n) is 5.72. The average Bonchev–Trinajstić information content (AvgIpc) is 2.99. The lowest BCUT2D eigenvalue weighted by atomic mass is 10.1. The Morgan fingerprint density at radius 2 is 1.88 bits per heavy atom. The Hall–Kier alpha value is -0.940. The van der Waals surface area contributed by atoms with E-state index in [1.165, 1.54) is 24.8 Å². The maximum atomic E-state index is 6.20. The highest BCUT2D eigenvalue weighted by Gasteiger charge is 2.37. The largest absolute Gasteiger partial charge is 0.376 e. The van der Waals surface area contributed by atoms with Crippen LogP contribution in [0, 0.1) is 0 Å². The van der Waals surface area contributed by atoms with Crippen molar-refractivity contribution in [1.82, 2.24) is 9.80 Å². The van der Waals surface area contributed by atoms with Gasteiger partial charge in [0.05, 0.1) is 18.8 Å². The Balaban J connectivity index is 1.35. The lowest BCUT2D eigenvalue weighted by Gasteiger charge is -2.39. The van der Waals surface area contributed by atoms with Crippen LogP contribution in [0.15, 0.2) is 30.3 Å². The van der Waals surface area contributed by atoms with E-state index in [1.807, 2.05) is 0 Å². The molecule has 4 heteroatoms. The molecule has 1 aromatic rings. The van der Waals surface area contributed by atoms with Gasteiger partial charge in [-0.05, 0) is 31.2 Å². The van der Waals surface area contributed by atoms with Gasteiger partial charge < -0.3 is 9.47 Å². The molecule has 0 N–H and O–H groups in total. The van der Waals surface area contributed by atoms with Crippen molar-refractivity contribution in [3.63, 3.8) is 0 Å². The van der Waals surface area contributed by atoms with Crippen LogP contribution >= 0.6 is 0 Å². The molecule has 0 amide bonds. The zero-order valence-corrected chi connectivity index (χ0v) is 14.6. The fraction of sp³-hybridized carbons (Fsp3) is 0.700. The minimum atomic E-state index is 0.329. The van der Waals surface area contributed by atoms with Gasteiger partial charge in [0, 0.05) is 45.4 Å². The Morgan fingerprint density at radius 3 is 2.79 bits per heavy atom. The maximum Gasteiger partial charge on any atom is 0.0828 e. The van der Waals surface area contributed by atoms with E-state index in [4.69, 9.17) is 9.47 Å². The van der Waals surface area contributed by atoms with Crippen molar-refractivity contribution >= 4 is 0 Å².